The highest BCUT2D eigenvalue weighted by molar-refractivity contribution is 6.32. The molecule has 4 rings (SSSR count). The van der Waals surface area contributed by atoms with E-state index in [4.69, 9.17) is 11.6 Å². The van der Waals surface area contributed by atoms with Gasteiger partial charge in [-0.25, -0.2) is 0 Å². The van der Waals surface area contributed by atoms with Crippen molar-refractivity contribution in [2.75, 3.05) is 49.1 Å². The molecule has 0 spiro atoms. The number of aromatic nitrogens is 2. The minimum absolute atomic E-state index is 0.0113. The van der Waals surface area contributed by atoms with Crippen molar-refractivity contribution in [2.24, 2.45) is 0 Å². The summed E-state index contributed by atoms with van der Waals surface area (Å²) in [5.74, 6) is 1.86. The molecule has 0 unspecified atom stereocenters. The third-order valence-electron chi connectivity index (χ3n) is 5.79. The number of nitrogens with zero attached hydrogens (tertiary/aromatic N) is 5. The zero-order valence-electron chi connectivity index (χ0n) is 17.2. The van der Waals surface area contributed by atoms with Crippen molar-refractivity contribution in [3.05, 3.63) is 53.1 Å². The lowest BCUT2D eigenvalue weighted by Gasteiger charge is -2.34. The SMILES string of the molecule is O=C(/C=C/c1ccccc1Cl)N1CCN(c2ccc(N3CCCCCC3)nn2)CC1. The molecule has 2 fully saturated rings. The van der Waals surface area contributed by atoms with Crippen molar-refractivity contribution in [2.45, 2.75) is 25.7 Å². The molecule has 2 saturated heterocycles. The number of halogens is 1. The standard InChI is InChI=1S/C23H28ClN5O/c24-20-8-4-3-7-19(20)9-12-23(30)29-17-15-28(16-18-29)22-11-10-21(25-26-22)27-13-5-1-2-6-14-27/h3-4,7-12H,1-2,5-6,13-18H2/b12-9+. The van der Waals surface area contributed by atoms with Crippen LogP contribution in [0.2, 0.25) is 5.02 Å². The molecular formula is C23H28ClN5O. The van der Waals surface area contributed by atoms with Crippen molar-refractivity contribution in [1.29, 1.82) is 0 Å². The Hall–Kier alpha value is -2.60. The van der Waals surface area contributed by atoms with Crippen LogP contribution in [0.3, 0.4) is 0 Å². The van der Waals surface area contributed by atoms with Gasteiger partial charge in [0.1, 0.15) is 0 Å². The van der Waals surface area contributed by atoms with Crippen molar-refractivity contribution < 1.29 is 4.79 Å². The van der Waals surface area contributed by atoms with Crippen LogP contribution >= 0.6 is 11.6 Å². The van der Waals surface area contributed by atoms with E-state index in [1.54, 1.807) is 12.2 Å². The van der Waals surface area contributed by atoms with E-state index in [1.165, 1.54) is 25.7 Å². The van der Waals surface area contributed by atoms with Gasteiger partial charge < -0.3 is 14.7 Å². The molecule has 1 amide bonds. The Balaban J connectivity index is 1.30. The minimum Gasteiger partial charge on any atom is -0.355 e. The number of carbonyl (C=O) groups is 1. The van der Waals surface area contributed by atoms with Crippen LogP contribution in [0, 0.1) is 0 Å². The van der Waals surface area contributed by atoms with Gasteiger partial charge >= 0.3 is 0 Å². The highest BCUT2D eigenvalue weighted by atomic mass is 35.5. The molecule has 0 saturated carbocycles. The Kier molecular flexibility index (Phi) is 6.84. The molecule has 0 aliphatic carbocycles. The second-order valence-electron chi connectivity index (χ2n) is 7.82. The average molecular weight is 426 g/mol. The van der Waals surface area contributed by atoms with E-state index in [-0.39, 0.29) is 5.91 Å². The van der Waals surface area contributed by atoms with Crippen LogP contribution < -0.4 is 9.80 Å². The van der Waals surface area contributed by atoms with Gasteiger partial charge in [0.25, 0.3) is 0 Å². The fraction of sp³-hybridized carbons (Fsp3) is 0.435. The topological polar surface area (TPSA) is 52.6 Å². The zero-order valence-corrected chi connectivity index (χ0v) is 18.0. The van der Waals surface area contributed by atoms with Crippen molar-refractivity contribution in [3.63, 3.8) is 0 Å². The summed E-state index contributed by atoms with van der Waals surface area (Å²) in [6.07, 6.45) is 8.45. The van der Waals surface area contributed by atoms with Crippen LogP contribution in [0.25, 0.3) is 6.08 Å². The molecule has 2 aliphatic rings. The maximum absolute atomic E-state index is 12.5. The van der Waals surface area contributed by atoms with Crippen LogP contribution in [-0.4, -0.2) is 60.3 Å². The molecule has 2 aromatic rings. The van der Waals surface area contributed by atoms with E-state index in [0.29, 0.717) is 18.1 Å². The highest BCUT2D eigenvalue weighted by Gasteiger charge is 2.21. The first-order valence-electron chi connectivity index (χ1n) is 10.8. The quantitative estimate of drug-likeness (QED) is 0.696. The Morgan fingerprint density at radius 3 is 2.00 bits per heavy atom. The number of anilines is 2. The predicted octanol–water partition coefficient (Wildman–Crippen LogP) is 3.87. The van der Waals surface area contributed by atoms with Gasteiger partial charge in [-0.3, -0.25) is 4.79 Å². The van der Waals surface area contributed by atoms with Crippen LogP contribution in [0.4, 0.5) is 11.6 Å². The van der Waals surface area contributed by atoms with Gasteiger partial charge in [-0.1, -0.05) is 42.6 Å². The molecule has 0 atom stereocenters. The smallest absolute Gasteiger partial charge is 0.246 e. The Morgan fingerprint density at radius 1 is 0.800 bits per heavy atom. The van der Waals surface area contributed by atoms with E-state index in [1.807, 2.05) is 29.2 Å². The number of rotatable bonds is 4. The van der Waals surface area contributed by atoms with E-state index in [9.17, 15) is 4.79 Å². The van der Waals surface area contributed by atoms with Gasteiger partial charge in [0.15, 0.2) is 11.6 Å². The zero-order chi connectivity index (χ0) is 20.8. The first-order valence-corrected chi connectivity index (χ1v) is 11.1. The van der Waals surface area contributed by atoms with Crippen LogP contribution in [-0.2, 0) is 4.79 Å². The number of carbonyl (C=O) groups excluding carboxylic acids is 1. The Morgan fingerprint density at radius 2 is 1.40 bits per heavy atom. The molecule has 2 aliphatic heterocycles. The lowest BCUT2D eigenvalue weighted by Crippen LogP contribution is -2.48. The number of amides is 1. The number of hydrogen-bond acceptors (Lipinski definition) is 5. The van der Waals surface area contributed by atoms with Crippen molar-refractivity contribution in [3.8, 4) is 0 Å². The van der Waals surface area contributed by atoms with E-state index < -0.39 is 0 Å². The lowest BCUT2D eigenvalue weighted by atomic mass is 10.2. The highest BCUT2D eigenvalue weighted by Crippen LogP contribution is 2.20. The van der Waals surface area contributed by atoms with E-state index >= 15 is 0 Å². The number of benzene rings is 1. The third-order valence-corrected chi connectivity index (χ3v) is 6.14. The van der Waals surface area contributed by atoms with Crippen molar-refractivity contribution in [1.82, 2.24) is 15.1 Å². The summed E-state index contributed by atoms with van der Waals surface area (Å²) < 4.78 is 0. The summed E-state index contributed by atoms with van der Waals surface area (Å²) >= 11 is 6.15. The van der Waals surface area contributed by atoms with E-state index in [2.05, 4.69) is 32.1 Å². The first kappa shape index (κ1) is 20.7. The molecule has 3 heterocycles. The molecule has 1 aromatic carbocycles. The van der Waals surface area contributed by atoms with Gasteiger partial charge in [0, 0.05) is 50.4 Å². The number of hydrogen-bond donors (Lipinski definition) is 0. The maximum Gasteiger partial charge on any atom is 0.246 e. The van der Waals surface area contributed by atoms with Crippen LogP contribution in [0.5, 0.6) is 0 Å². The minimum atomic E-state index is 0.0113. The molecule has 0 bridgehead atoms. The van der Waals surface area contributed by atoms with E-state index in [0.717, 1.165) is 43.4 Å². The predicted molar refractivity (Wildman–Crippen MR) is 122 cm³/mol. The first-order chi connectivity index (χ1) is 14.7. The molecule has 0 radical (unpaired) electrons. The Labute approximate surface area is 183 Å². The summed E-state index contributed by atoms with van der Waals surface area (Å²) in [5.41, 5.74) is 0.853. The maximum atomic E-state index is 12.5. The molecule has 30 heavy (non-hydrogen) atoms. The summed E-state index contributed by atoms with van der Waals surface area (Å²) in [7, 11) is 0. The normalized spacial score (nSPS) is 18.0. The average Bonchev–Trinajstić information content (AvgIpc) is 3.08. The second-order valence-corrected chi connectivity index (χ2v) is 8.23. The fourth-order valence-electron chi connectivity index (χ4n) is 3.99. The lowest BCUT2D eigenvalue weighted by molar-refractivity contribution is -0.126. The van der Waals surface area contributed by atoms with Gasteiger partial charge in [0.05, 0.1) is 0 Å². The van der Waals surface area contributed by atoms with Crippen LogP contribution in [0.1, 0.15) is 31.2 Å². The molecular weight excluding hydrogens is 398 g/mol. The third kappa shape index (κ3) is 5.11. The molecule has 6 nitrogen and oxygen atoms in total. The summed E-state index contributed by atoms with van der Waals surface area (Å²) in [6.45, 7) is 4.97. The van der Waals surface area contributed by atoms with Gasteiger partial charge in [-0.05, 0) is 42.7 Å². The largest absolute Gasteiger partial charge is 0.355 e. The van der Waals surface area contributed by atoms with Crippen LogP contribution in [0.15, 0.2) is 42.5 Å². The Bertz CT molecular complexity index is 869. The molecule has 7 heteroatoms. The van der Waals surface area contributed by atoms with Crippen molar-refractivity contribution >= 4 is 35.2 Å². The molecule has 0 N–H and O–H groups in total. The summed E-state index contributed by atoms with van der Waals surface area (Å²) in [4.78, 5) is 18.9. The van der Waals surface area contributed by atoms with Gasteiger partial charge in [0.2, 0.25) is 5.91 Å². The van der Waals surface area contributed by atoms with Gasteiger partial charge in [-0.15, -0.1) is 10.2 Å². The summed E-state index contributed by atoms with van der Waals surface area (Å²) in [6, 6.07) is 11.7. The number of piperazine rings is 1. The monoisotopic (exact) mass is 425 g/mol. The molecule has 158 valence electrons. The second kappa shape index (κ2) is 9.94. The molecule has 1 aromatic heterocycles. The van der Waals surface area contributed by atoms with Gasteiger partial charge in [-0.2, -0.15) is 0 Å². The fourth-order valence-corrected chi connectivity index (χ4v) is 4.19. The summed E-state index contributed by atoms with van der Waals surface area (Å²) in [5, 5.41) is 9.59.